The molecule has 1 aliphatic heterocycles. The lowest BCUT2D eigenvalue weighted by atomic mass is 10.1. The van der Waals surface area contributed by atoms with Gasteiger partial charge in [-0.1, -0.05) is 6.07 Å². The molecule has 0 saturated carbocycles. The lowest BCUT2D eigenvalue weighted by Crippen LogP contribution is -2.27. The zero-order chi connectivity index (χ0) is 19.2. The van der Waals surface area contributed by atoms with Gasteiger partial charge in [-0.05, 0) is 55.3 Å². The molecule has 2 aromatic rings. The number of benzene rings is 2. The molecular weight excluding hydrogens is 346 g/mol. The Balaban J connectivity index is 1.62. The van der Waals surface area contributed by atoms with E-state index in [0.29, 0.717) is 35.7 Å². The molecule has 3 amide bonds. The Kier molecular flexibility index (Phi) is 5.83. The van der Waals surface area contributed by atoms with Crippen LogP contribution in [-0.2, 0) is 14.3 Å². The van der Waals surface area contributed by atoms with Crippen LogP contribution in [0.4, 0.5) is 17.1 Å². The summed E-state index contributed by atoms with van der Waals surface area (Å²) in [5, 5.41) is 8.23. The van der Waals surface area contributed by atoms with E-state index in [2.05, 4.69) is 16.0 Å². The van der Waals surface area contributed by atoms with Gasteiger partial charge in [-0.15, -0.1) is 0 Å². The van der Waals surface area contributed by atoms with Gasteiger partial charge < -0.3 is 20.7 Å². The maximum atomic E-state index is 12.5. The molecule has 2 aromatic carbocycles. The van der Waals surface area contributed by atoms with Gasteiger partial charge in [-0.2, -0.15) is 0 Å². The average molecular weight is 367 g/mol. The van der Waals surface area contributed by atoms with E-state index in [1.807, 2.05) is 0 Å². The summed E-state index contributed by atoms with van der Waals surface area (Å²) < 4.78 is 5.36. The highest BCUT2D eigenvalue weighted by Crippen LogP contribution is 2.18. The van der Waals surface area contributed by atoms with Crippen molar-refractivity contribution in [2.24, 2.45) is 0 Å². The third-order valence-corrected chi connectivity index (χ3v) is 4.08. The normalized spacial score (nSPS) is 15.8. The predicted molar refractivity (Wildman–Crippen MR) is 103 cm³/mol. The molecule has 1 atom stereocenters. The van der Waals surface area contributed by atoms with Crippen LogP contribution in [0.15, 0.2) is 48.5 Å². The first-order valence-corrected chi connectivity index (χ1v) is 8.73. The van der Waals surface area contributed by atoms with Gasteiger partial charge in [-0.3, -0.25) is 14.4 Å². The fraction of sp³-hybridized carbons (Fsp3) is 0.250. The Hall–Kier alpha value is -3.19. The summed E-state index contributed by atoms with van der Waals surface area (Å²) in [6.07, 6.45) is 1.16. The Bertz CT molecular complexity index is 843. The van der Waals surface area contributed by atoms with Gasteiger partial charge in [0.25, 0.3) is 11.8 Å². The van der Waals surface area contributed by atoms with E-state index in [-0.39, 0.29) is 17.7 Å². The van der Waals surface area contributed by atoms with Crippen molar-refractivity contribution in [2.45, 2.75) is 25.9 Å². The van der Waals surface area contributed by atoms with Gasteiger partial charge >= 0.3 is 0 Å². The predicted octanol–water partition coefficient (Wildman–Crippen LogP) is 3.01. The van der Waals surface area contributed by atoms with Crippen molar-refractivity contribution < 1.29 is 19.1 Å². The minimum Gasteiger partial charge on any atom is -0.368 e. The van der Waals surface area contributed by atoms with Crippen LogP contribution < -0.4 is 16.0 Å². The van der Waals surface area contributed by atoms with Crippen LogP contribution in [0, 0.1) is 0 Å². The van der Waals surface area contributed by atoms with Gasteiger partial charge in [0.1, 0.15) is 6.10 Å². The SMILES string of the molecule is CC(=O)Nc1ccc(NC(=O)c2cccc(NC(=O)C3CCCO3)c2)cc1. The van der Waals surface area contributed by atoms with Crippen molar-refractivity contribution in [1.29, 1.82) is 0 Å². The summed E-state index contributed by atoms with van der Waals surface area (Å²) in [4.78, 5) is 35.6. The van der Waals surface area contributed by atoms with Gasteiger partial charge in [0, 0.05) is 36.2 Å². The van der Waals surface area contributed by atoms with E-state index < -0.39 is 6.10 Å². The highest BCUT2D eigenvalue weighted by Gasteiger charge is 2.23. The number of amides is 3. The number of carbonyl (C=O) groups excluding carboxylic acids is 3. The third-order valence-electron chi connectivity index (χ3n) is 4.08. The standard InChI is InChI=1S/C20H21N3O4/c1-13(24)21-15-7-9-16(10-8-15)22-19(25)14-4-2-5-17(12-14)23-20(26)18-6-3-11-27-18/h2,4-5,7-10,12,18H,3,6,11H2,1H3,(H,21,24)(H,22,25)(H,23,26). The van der Waals surface area contributed by atoms with E-state index in [1.54, 1.807) is 48.5 Å². The molecule has 0 bridgehead atoms. The second-order valence-corrected chi connectivity index (χ2v) is 6.28. The molecule has 140 valence electrons. The molecule has 1 saturated heterocycles. The van der Waals surface area contributed by atoms with E-state index in [9.17, 15) is 14.4 Å². The van der Waals surface area contributed by atoms with E-state index in [1.165, 1.54) is 6.92 Å². The van der Waals surface area contributed by atoms with Crippen molar-refractivity contribution in [3.63, 3.8) is 0 Å². The molecule has 27 heavy (non-hydrogen) atoms. The first-order valence-electron chi connectivity index (χ1n) is 8.73. The maximum Gasteiger partial charge on any atom is 0.255 e. The lowest BCUT2D eigenvalue weighted by molar-refractivity contribution is -0.124. The summed E-state index contributed by atoms with van der Waals surface area (Å²) in [5.74, 6) is -0.650. The van der Waals surface area contributed by atoms with Crippen molar-refractivity contribution >= 4 is 34.8 Å². The monoisotopic (exact) mass is 367 g/mol. The second kappa shape index (κ2) is 8.46. The largest absolute Gasteiger partial charge is 0.368 e. The average Bonchev–Trinajstić information content (AvgIpc) is 3.18. The smallest absolute Gasteiger partial charge is 0.255 e. The lowest BCUT2D eigenvalue weighted by Gasteiger charge is -2.12. The summed E-state index contributed by atoms with van der Waals surface area (Å²) in [6.45, 7) is 2.03. The van der Waals surface area contributed by atoms with Crippen LogP contribution in [0.3, 0.4) is 0 Å². The number of rotatable bonds is 5. The molecular formula is C20H21N3O4. The quantitative estimate of drug-likeness (QED) is 0.757. The summed E-state index contributed by atoms with van der Waals surface area (Å²) >= 11 is 0. The molecule has 0 aromatic heterocycles. The zero-order valence-corrected chi connectivity index (χ0v) is 15.0. The zero-order valence-electron chi connectivity index (χ0n) is 15.0. The molecule has 7 heteroatoms. The van der Waals surface area contributed by atoms with Gasteiger partial charge in [0.05, 0.1) is 0 Å². The fourth-order valence-corrected chi connectivity index (χ4v) is 2.79. The number of ether oxygens (including phenoxy) is 1. The van der Waals surface area contributed by atoms with Crippen molar-refractivity contribution in [3.8, 4) is 0 Å². The molecule has 7 nitrogen and oxygen atoms in total. The molecule has 1 unspecified atom stereocenters. The van der Waals surface area contributed by atoms with Crippen LogP contribution in [-0.4, -0.2) is 30.4 Å². The first kappa shape index (κ1) is 18.6. The van der Waals surface area contributed by atoms with Crippen molar-refractivity contribution in [1.82, 2.24) is 0 Å². The number of carbonyl (C=O) groups is 3. The van der Waals surface area contributed by atoms with Gasteiger partial charge in [0.15, 0.2) is 0 Å². The first-order chi connectivity index (χ1) is 13.0. The minimum absolute atomic E-state index is 0.159. The van der Waals surface area contributed by atoms with Crippen LogP contribution in [0.2, 0.25) is 0 Å². The molecule has 1 aliphatic rings. The molecule has 3 rings (SSSR count). The van der Waals surface area contributed by atoms with E-state index in [4.69, 9.17) is 4.74 Å². The summed E-state index contributed by atoms with van der Waals surface area (Å²) in [7, 11) is 0. The molecule has 3 N–H and O–H groups in total. The number of hydrogen-bond acceptors (Lipinski definition) is 4. The van der Waals surface area contributed by atoms with E-state index in [0.717, 1.165) is 6.42 Å². The van der Waals surface area contributed by atoms with Crippen LogP contribution in [0.1, 0.15) is 30.1 Å². The Labute approximate surface area is 157 Å². The molecule has 1 fully saturated rings. The van der Waals surface area contributed by atoms with E-state index >= 15 is 0 Å². The van der Waals surface area contributed by atoms with Gasteiger partial charge in [-0.25, -0.2) is 0 Å². The Morgan fingerprint density at radius 1 is 0.926 bits per heavy atom. The molecule has 0 spiro atoms. The van der Waals surface area contributed by atoms with Crippen molar-refractivity contribution in [3.05, 3.63) is 54.1 Å². The van der Waals surface area contributed by atoms with Crippen LogP contribution >= 0.6 is 0 Å². The van der Waals surface area contributed by atoms with Crippen LogP contribution in [0.5, 0.6) is 0 Å². The highest BCUT2D eigenvalue weighted by atomic mass is 16.5. The van der Waals surface area contributed by atoms with Crippen molar-refractivity contribution in [2.75, 3.05) is 22.6 Å². The minimum atomic E-state index is -0.426. The fourth-order valence-electron chi connectivity index (χ4n) is 2.79. The Morgan fingerprint density at radius 2 is 1.63 bits per heavy atom. The molecule has 1 heterocycles. The number of anilines is 3. The highest BCUT2D eigenvalue weighted by molar-refractivity contribution is 6.05. The number of hydrogen-bond donors (Lipinski definition) is 3. The second-order valence-electron chi connectivity index (χ2n) is 6.28. The van der Waals surface area contributed by atoms with Gasteiger partial charge in [0.2, 0.25) is 5.91 Å². The van der Waals surface area contributed by atoms with Crippen LogP contribution in [0.25, 0.3) is 0 Å². The third kappa shape index (κ3) is 5.15. The molecule has 0 radical (unpaired) electrons. The molecule has 0 aliphatic carbocycles. The summed E-state index contributed by atoms with van der Waals surface area (Å²) in [5.41, 5.74) is 2.22. The summed E-state index contributed by atoms with van der Waals surface area (Å²) in [6, 6.07) is 13.5. The maximum absolute atomic E-state index is 12.5. The number of nitrogens with one attached hydrogen (secondary N) is 3. The Morgan fingerprint density at radius 3 is 2.26 bits per heavy atom. The topological polar surface area (TPSA) is 96.5 Å².